The van der Waals surface area contributed by atoms with Crippen molar-refractivity contribution in [2.75, 3.05) is 6.54 Å². The van der Waals surface area contributed by atoms with E-state index in [1.54, 1.807) is 34.1 Å². The van der Waals surface area contributed by atoms with E-state index in [1.165, 1.54) is 0 Å². The third-order valence-corrected chi connectivity index (χ3v) is 3.80. The summed E-state index contributed by atoms with van der Waals surface area (Å²) in [7, 11) is 1.86. The largest absolute Gasteiger partial charge is 0.391 e. The van der Waals surface area contributed by atoms with Gasteiger partial charge in [-0.15, -0.1) is 0 Å². The van der Waals surface area contributed by atoms with Crippen molar-refractivity contribution in [3.05, 3.63) is 42.0 Å². The van der Waals surface area contributed by atoms with Gasteiger partial charge in [-0.1, -0.05) is 0 Å². The number of amides is 1. The number of carbonyl (C=O) groups excluding carboxylic acids is 1. The van der Waals surface area contributed by atoms with Crippen LogP contribution in [0.25, 0.3) is 0 Å². The molecule has 1 fully saturated rings. The van der Waals surface area contributed by atoms with Gasteiger partial charge in [-0.2, -0.15) is 5.10 Å². The molecule has 2 N–H and O–H groups in total. The van der Waals surface area contributed by atoms with Crippen LogP contribution in [0.4, 0.5) is 0 Å². The predicted molar refractivity (Wildman–Crippen MR) is 73.2 cm³/mol. The van der Waals surface area contributed by atoms with Crippen LogP contribution >= 0.6 is 0 Å². The maximum absolute atomic E-state index is 12.4. The molecule has 1 amide bonds. The molecule has 20 heavy (non-hydrogen) atoms. The molecule has 6 nitrogen and oxygen atoms in total. The van der Waals surface area contributed by atoms with Gasteiger partial charge in [0.25, 0.3) is 5.91 Å². The lowest BCUT2D eigenvalue weighted by atomic mass is 10.0. The molecular weight excluding hydrogens is 256 g/mol. The summed E-state index contributed by atoms with van der Waals surface area (Å²) in [6, 6.07) is 3.37. The van der Waals surface area contributed by atoms with E-state index in [4.69, 9.17) is 0 Å². The van der Waals surface area contributed by atoms with Gasteiger partial charge in [-0.25, -0.2) is 0 Å². The standard InChI is InChI=1S/C14H18N4O2/c1-17-9-10(8-16-17)7-12-13(19)4-6-18(12)14(20)11-3-2-5-15-11/h2-3,5,8-9,12-13,15,19H,4,6-7H2,1H3/t12-,13+/m1/s1. The monoisotopic (exact) mass is 274 g/mol. The number of nitrogens with one attached hydrogen (secondary N) is 1. The minimum absolute atomic E-state index is 0.0551. The summed E-state index contributed by atoms with van der Waals surface area (Å²) in [5.41, 5.74) is 1.60. The van der Waals surface area contributed by atoms with E-state index in [1.807, 2.05) is 13.2 Å². The second kappa shape index (κ2) is 5.13. The number of hydrogen-bond acceptors (Lipinski definition) is 3. The number of nitrogens with zero attached hydrogens (tertiary/aromatic N) is 3. The fourth-order valence-corrected chi connectivity index (χ4v) is 2.77. The molecule has 0 spiro atoms. The highest BCUT2D eigenvalue weighted by Gasteiger charge is 2.36. The number of aliphatic hydroxyl groups excluding tert-OH is 1. The summed E-state index contributed by atoms with van der Waals surface area (Å²) in [6.07, 6.45) is 6.20. The molecule has 1 aliphatic heterocycles. The smallest absolute Gasteiger partial charge is 0.270 e. The molecule has 0 aromatic carbocycles. The Morgan fingerprint density at radius 3 is 3.10 bits per heavy atom. The van der Waals surface area contributed by atoms with Crippen molar-refractivity contribution >= 4 is 5.91 Å². The predicted octanol–water partition coefficient (Wildman–Crippen LogP) is 0.566. The summed E-state index contributed by atoms with van der Waals surface area (Å²) in [5.74, 6) is -0.0551. The molecule has 2 aromatic rings. The first-order valence-corrected chi connectivity index (χ1v) is 6.75. The number of hydrogen-bond donors (Lipinski definition) is 2. The van der Waals surface area contributed by atoms with Gasteiger partial charge in [0, 0.05) is 26.0 Å². The van der Waals surface area contributed by atoms with Gasteiger partial charge in [0.15, 0.2) is 0 Å². The Labute approximate surface area is 117 Å². The number of aryl methyl sites for hydroxylation is 1. The van der Waals surface area contributed by atoms with Crippen molar-refractivity contribution in [3.63, 3.8) is 0 Å². The van der Waals surface area contributed by atoms with E-state index in [9.17, 15) is 9.90 Å². The number of carbonyl (C=O) groups is 1. The average Bonchev–Trinajstić information content (AvgIpc) is 3.13. The summed E-state index contributed by atoms with van der Waals surface area (Å²) in [5, 5.41) is 14.3. The molecule has 0 unspecified atom stereocenters. The van der Waals surface area contributed by atoms with Crippen LogP contribution in [0, 0.1) is 0 Å². The van der Waals surface area contributed by atoms with Crippen LogP contribution in [0.5, 0.6) is 0 Å². The highest BCUT2D eigenvalue weighted by molar-refractivity contribution is 5.92. The molecule has 2 aromatic heterocycles. The summed E-state index contributed by atoms with van der Waals surface area (Å²) >= 11 is 0. The maximum atomic E-state index is 12.4. The highest BCUT2D eigenvalue weighted by Crippen LogP contribution is 2.23. The third kappa shape index (κ3) is 2.34. The second-order valence-corrected chi connectivity index (χ2v) is 5.23. The summed E-state index contributed by atoms with van der Waals surface area (Å²) < 4.78 is 1.73. The van der Waals surface area contributed by atoms with E-state index in [0.717, 1.165) is 5.56 Å². The summed E-state index contributed by atoms with van der Waals surface area (Å²) in [4.78, 5) is 17.1. The van der Waals surface area contributed by atoms with Gasteiger partial charge < -0.3 is 15.0 Å². The van der Waals surface area contributed by atoms with Crippen LogP contribution in [0.3, 0.4) is 0 Å². The van der Waals surface area contributed by atoms with Crippen molar-refractivity contribution < 1.29 is 9.90 Å². The van der Waals surface area contributed by atoms with Gasteiger partial charge in [0.1, 0.15) is 5.69 Å². The van der Waals surface area contributed by atoms with Gasteiger partial charge in [0.2, 0.25) is 0 Å². The molecule has 1 saturated heterocycles. The quantitative estimate of drug-likeness (QED) is 0.859. The minimum atomic E-state index is -0.478. The first-order chi connectivity index (χ1) is 9.65. The van der Waals surface area contributed by atoms with Gasteiger partial charge >= 0.3 is 0 Å². The van der Waals surface area contributed by atoms with Crippen LogP contribution < -0.4 is 0 Å². The molecule has 1 aliphatic rings. The lowest BCUT2D eigenvalue weighted by Crippen LogP contribution is -2.41. The highest BCUT2D eigenvalue weighted by atomic mass is 16.3. The Kier molecular flexibility index (Phi) is 3.31. The number of aliphatic hydroxyl groups is 1. The number of aromatic nitrogens is 3. The van der Waals surface area contributed by atoms with Crippen molar-refractivity contribution in [2.45, 2.75) is 25.0 Å². The Morgan fingerprint density at radius 1 is 1.60 bits per heavy atom. The lowest BCUT2D eigenvalue weighted by molar-refractivity contribution is 0.0635. The van der Waals surface area contributed by atoms with Crippen molar-refractivity contribution in [1.29, 1.82) is 0 Å². The zero-order valence-electron chi connectivity index (χ0n) is 11.4. The SMILES string of the molecule is Cn1cc(C[C@@H]2[C@@H](O)CCN2C(=O)c2ccc[nH]2)cn1. The zero-order chi connectivity index (χ0) is 14.1. The Hall–Kier alpha value is -2.08. The average molecular weight is 274 g/mol. The normalized spacial score (nSPS) is 22.4. The van der Waals surface area contributed by atoms with E-state index in [-0.39, 0.29) is 11.9 Å². The van der Waals surface area contributed by atoms with Crippen molar-refractivity contribution in [1.82, 2.24) is 19.7 Å². The molecule has 2 atom stereocenters. The molecule has 0 aliphatic carbocycles. The first kappa shape index (κ1) is 12.9. The van der Waals surface area contributed by atoms with Crippen molar-refractivity contribution in [3.8, 4) is 0 Å². The van der Waals surface area contributed by atoms with E-state index < -0.39 is 6.10 Å². The molecule has 3 rings (SSSR count). The maximum Gasteiger partial charge on any atom is 0.270 e. The summed E-state index contributed by atoms with van der Waals surface area (Å²) in [6.45, 7) is 0.587. The Balaban J connectivity index is 1.78. The fourth-order valence-electron chi connectivity index (χ4n) is 2.77. The topological polar surface area (TPSA) is 74.2 Å². The molecule has 0 radical (unpaired) electrons. The Morgan fingerprint density at radius 2 is 2.45 bits per heavy atom. The molecular formula is C14H18N4O2. The molecule has 0 saturated carbocycles. The minimum Gasteiger partial charge on any atom is -0.391 e. The number of likely N-dealkylation sites (tertiary alicyclic amines) is 1. The molecule has 6 heteroatoms. The van der Waals surface area contributed by atoms with Gasteiger partial charge in [-0.3, -0.25) is 9.48 Å². The van der Waals surface area contributed by atoms with Crippen LogP contribution in [0.2, 0.25) is 0 Å². The number of rotatable bonds is 3. The zero-order valence-corrected chi connectivity index (χ0v) is 11.4. The van der Waals surface area contributed by atoms with Gasteiger partial charge in [-0.05, 0) is 30.5 Å². The van der Waals surface area contributed by atoms with E-state index >= 15 is 0 Å². The van der Waals surface area contributed by atoms with Crippen LogP contribution in [0.1, 0.15) is 22.5 Å². The number of aromatic amines is 1. The first-order valence-electron chi connectivity index (χ1n) is 6.75. The molecule has 106 valence electrons. The van der Waals surface area contributed by atoms with Gasteiger partial charge in [0.05, 0.1) is 18.3 Å². The van der Waals surface area contributed by atoms with Crippen LogP contribution in [-0.4, -0.2) is 49.4 Å². The molecule has 0 bridgehead atoms. The Bertz CT molecular complexity index is 590. The molecule has 3 heterocycles. The van der Waals surface area contributed by atoms with Crippen LogP contribution in [0.15, 0.2) is 30.7 Å². The van der Waals surface area contributed by atoms with Crippen molar-refractivity contribution in [2.24, 2.45) is 7.05 Å². The number of H-pyrrole nitrogens is 1. The second-order valence-electron chi connectivity index (χ2n) is 5.23. The lowest BCUT2D eigenvalue weighted by Gasteiger charge is -2.25. The fraction of sp³-hybridized carbons (Fsp3) is 0.429. The van der Waals surface area contributed by atoms with E-state index in [0.29, 0.717) is 25.1 Å². The van der Waals surface area contributed by atoms with Crippen LogP contribution in [-0.2, 0) is 13.5 Å². The van der Waals surface area contributed by atoms with E-state index in [2.05, 4.69) is 10.1 Å². The third-order valence-electron chi connectivity index (χ3n) is 3.80.